The van der Waals surface area contributed by atoms with Crippen molar-refractivity contribution in [3.8, 4) is 17.2 Å². The van der Waals surface area contributed by atoms with Gasteiger partial charge < -0.3 is 24.6 Å². The van der Waals surface area contributed by atoms with Gasteiger partial charge in [-0.15, -0.1) is 0 Å². The molecule has 1 unspecified atom stereocenters. The number of ketones is 1. The van der Waals surface area contributed by atoms with E-state index >= 15 is 0 Å². The highest BCUT2D eigenvalue weighted by atomic mass is 16.5. The van der Waals surface area contributed by atoms with E-state index in [9.17, 15) is 14.4 Å². The van der Waals surface area contributed by atoms with Crippen molar-refractivity contribution in [3.05, 3.63) is 59.4 Å². The number of Topliss-reactive ketones (excluding diaryl/α,β-unsaturated/α-hetero) is 1. The zero-order valence-electron chi connectivity index (χ0n) is 15.8. The lowest BCUT2D eigenvalue weighted by atomic mass is 10.1. The molecular weight excluding hydrogens is 378 g/mol. The quantitative estimate of drug-likeness (QED) is 0.690. The number of allylic oxidation sites excluding steroid dienone is 1. The molecule has 1 aliphatic heterocycles. The molecule has 3 rings (SSSR count). The molecule has 1 heterocycles. The second-order valence-electron chi connectivity index (χ2n) is 6.29. The molecule has 2 aromatic carbocycles. The Morgan fingerprint density at radius 2 is 2.00 bits per heavy atom. The number of carbonyl (C=O) groups excluding carboxylic acids is 2. The van der Waals surface area contributed by atoms with Crippen molar-refractivity contribution >= 4 is 23.7 Å². The fourth-order valence-corrected chi connectivity index (χ4v) is 2.63. The van der Waals surface area contributed by atoms with Crippen LogP contribution in [-0.4, -0.2) is 42.5 Å². The van der Waals surface area contributed by atoms with Crippen molar-refractivity contribution < 1.29 is 33.7 Å². The molecular formula is C21H19NO7. The van der Waals surface area contributed by atoms with Gasteiger partial charge in [0, 0.05) is 6.07 Å². The van der Waals surface area contributed by atoms with Crippen molar-refractivity contribution in [3.63, 3.8) is 0 Å². The Hall–Kier alpha value is -3.81. The van der Waals surface area contributed by atoms with Crippen LogP contribution in [0.5, 0.6) is 17.2 Å². The number of amides is 1. The van der Waals surface area contributed by atoms with Crippen LogP contribution < -0.4 is 19.5 Å². The average Bonchev–Trinajstić information content (AvgIpc) is 3.01. The normalized spacial score (nSPS) is 14.7. The van der Waals surface area contributed by atoms with Gasteiger partial charge in [-0.05, 0) is 42.8 Å². The third-order valence-electron chi connectivity index (χ3n) is 4.15. The fourth-order valence-electron chi connectivity index (χ4n) is 2.63. The first-order chi connectivity index (χ1) is 13.9. The smallest absolute Gasteiger partial charge is 0.325 e. The molecule has 2 aromatic rings. The Morgan fingerprint density at radius 3 is 2.72 bits per heavy atom. The Balaban J connectivity index is 1.68. The Labute approximate surface area is 166 Å². The first-order valence-electron chi connectivity index (χ1n) is 8.74. The van der Waals surface area contributed by atoms with E-state index < -0.39 is 17.9 Å². The van der Waals surface area contributed by atoms with Crippen LogP contribution in [0.2, 0.25) is 0 Å². The highest BCUT2D eigenvalue weighted by Crippen LogP contribution is 2.35. The van der Waals surface area contributed by atoms with Crippen LogP contribution >= 0.6 is 0 Å². The lowest BCUT2D eigenvalue weighted by molar-refractivity contribution is -0.141. The van der Waals surface area contributed by atoms with Crippen LogP contribution in [-0.2, 0) is 9.59 Å². The molecule has 8 nitrogen and oxygen atoms in total. The summed E-state index contributed by atoms with van der Waals surface area (Å²) in [5.41, 5.74) is 1.14. The number of rotatable bonds is 7. The Kier molecular flexibility index (Phi) is 5.82. The molecule has 0 saturated heterocycles. The van der Waals surface area contributed by atoms with Crippen LogP contribution in [0.25, 0.3) is 6.08 Å². The maximum Gasteiger partial charge on any atom is 0.325 e. The summed E-state index contributed by atoms with van der Waals surface area (Å²) in [5.74, 6) is -0.512. The van der Waals surface area contributed by atoms with E-state index in [1.165, 1.54) is 13.0 Å². The van der Waals surface area contributed by atoms with Gasteiger partial charge in [0.15, 0.2) is 12.4 Å². The molecule has 8 heteroatoms. The largest absolute Gasteiger partial charge is 0.497 e. The second-order valence-corrected chi connectivity index (χ2v) is 6.29. The van der Waals surface area contributed by atoms with Gasteiger partial charge >= 0.3 is 5.97 Å². The molecule has 0 fully saturated rings. The van der Waals surface area contributed by atoms with Crippen molar-refractivity contribution in [1.29, 1.82) is 0 Å². The SMILES string of the molecule is COc1cccc(C=C2Oc3cc(OCC(=O)NC(C)C(=O)O)ccc3C2=O)c1. The summed E-state index contributed by atoms with van der Waals surface area (Å²) >= 11 is 0. The third kappa shape index (κ3) is 4.73. The average molecular weight is 397 g/mol. The van der Waals surface area contributed by atoms with E-state index in [-0.39, 0.29) is 18.1 Å². The summed E-state index contributed by atoms with van der Waals surface area (Å²) in [6.45, 7) is 0.988. The molecule has 0 aliphatic carbocycles. The van der Waals surface area contributed by atoms with E-state index in [1.807, 2.05) is 6.07 Å². The van der Waals surface area contributed by atoms with Crippen molar-refractivity contribution in [2.45, 2.75) is 13.0 Å². The lowest BCUT2D eigenvalue weighted by Crippen LogP contribution is -2.40. The molecule has 1 amide bonds. The second kappa shape index (κ2) is 8.47. The molecule has 0 bridgehead atoms. The monoisotopic (exact) mass is 397 g/mol. The summed E-state index contributed by atoms with van der Waals surface area (Å²) in [6.07, 6.45) is 1.62. The van der Waals surface area contributed by atoms with Crippen LogP contribution in [0, 0.1) is 0 Å². The van der Waals surface area contributed by atoms with Gasteiger partial charge in [-0.25, -0.2) is 0 Å². The predicted octanol–water partition coefficient (Wildman–Crippen LogP) is 2.28. The highest BCUT2D eigenvalue weighted by molar-refractivity contribution is 6.14. The minimum absolute atomic E-state index is 0.165. The number of carbonyl (C=O) groups is 3. The van der Waals surface area contributed by atoms with Gasteiger partial charge in [0.2, 0.25) is 5.78 Å². The van der Waals surface area contributed by atoms with E-state index in [2.05, 4.69) is 5.32 Å². The summed E-state index contributed by atoms with van der Waals surface area (Å²) < 4.78 is 16.2. The number of hydrogen-bond donors (Lipinski definition) is 2. The molecule has 1 aliphatic rings. The van der Waals surface area contributed by atoms with Gasteiger partial charge in [0.25, 0.3) is 5.91 Å². The third-order valence-corrected chi connectivity index (χ3v) is 4.15. The number of hydrogen-bond acceptors (Lipinski definition) is 6. The van der Waals surface area contributed by atoms with E-state index in [4.69, 9.17) is 19.3 Å². The van der Waals surface area contributed by atoms with Crippen molar-refractivity contribution in [2.75, 3.05) is 13.7 Å². The number of benzene rings is 2. The maximum absolute atomic E-state index is 12.5. The van der Waals surface area contributed by atoms with Crippen LogP contribution in [0.3, 0.4) is 0 Å². The number of carboxylic acid groups (broad SMARTS) is 1. The van der Waals surface area contributed by atoms with Gasteiger partial charge in [-0.1, -0.05) is 12.1 Å². The zero-order chi connectivity index (χ0) is 21.0. The van der Waals surface area contributed by atoms with Crippen LogP contribution in [0.15, 0.2) is 48.2 Å². The van der Waals surface area contributed by atoms with Crippen LogP contribution in [0.1, 0.15) is 22.8 Å². The van der Waals surface area contributed by atoms with E-state index in [1.54, 1.807) is 43.5 Å². The minimum atomic E-state index is -1.14. The van der Waals surface area contributed by atoms with Gasteiger partial charge in [0.05, 0.1) is 12.7 Å². The number of nitrogens with one attached hydrogen (secondary N) is 1. The van der Waals surface area contributed by atoms with Crippen LogP contribution in [0.4, 0.5) is 0 Å². The Morgan fingerprint density at radius 1 is 1.21 bits per heavy atom. The fraction of sp³-hybridized carbons (Fsp3) is 0.190. The summed E-state index contributed by atoms with van der Waals surface area (Å²) in [5, 5.41) is 11.1. The van der Waals surface area contributed by atoms with Crippen molar-refractivity contribution in [2.24, 2.45) is 0 Å². The van der Waals surface area contributed by atoms with Gasteiger partial charge in [-0.3, -0.25) is 14.4 Å². The molecule has 1 atom stereocenters. The lowest BCUT2D eigenvalue weighted by Gasteiger charge is -2.10. The Bertz CT molecular complexity index is 996. The van der Waals surface area contributed by atoms with Gasteiger partial charge in [-0.2, -0.15) is 0 Å². The number of aliphatic carboxylic acids is 1. The summed E-state index contributed by atoms with van der Waals surface area (Å²) in [6, 6.07) is 10.8. The summed E-state index contributed by atoms with van der Waals surface area (Å²) in [4.78, 5) is 35.0. The highest BCUT2D eigenvalue weighted by Gasteiger charge is 2.28. The standard InChI is InChI=1S/C21H19NO7/c1-12(21(25)26)22-19(23)11-28-15-6-7-16-17(10-15)29-18(20(16)24)9-13-4-3-5-14(8-13)27-2/h3-10,12H,11H2,1-2H3,(H,22,23)(H,25,26). The molecule has 2 N–H and O–H groups in total. The summed E-state index contributed by atoms with van der Waals surface area (Å²) in [7, 11) is 1.56. The number of methoxy groups -OCH3 is 1. The first kappa shape index (κ1) is 19.9. The predicted molar refractivity (Wildman–Crippen MR) is 103 cm³/mol. The molecule has 29 heavy (non-hydrogen) atoms. The number of ether oxygens (including phenoxy) is 3. The zero-order valence-corrected chi connectivity index (χ0v) is 15.8. The maximum atomic E-state index is 12.5. The number of fused-ring (bicyclic) bond motifs is 1. The first-order valence-corrected chi connectivity index (χ1v) is 8.74. The molecule has 0 saturated carbocycles. The topological polar surface area (TPSA) is 111 Å². The molecule has 0 radical (unpaired) electrons. The van der Waals surface area contributed by atoms with Crippen molar-refractivity contribution in [1.82, 2.24) is 5.32 Å². The molecule has 0 aromatic heterocycles. The molecule has 0 spiro atoms. The van der Waals surface area contributed by atoms with E-state index in [0.29, 0.717) is 22.8 Å². The number of carboxylic acids is 1. The van der Waals surface area contributed by atoms with Gasteiger partial charge in [0.1, 0.15) is 23.3 Å². The minimum Gasteiger partial charge on any atom is -0.497 e. The van der Waals surface area contributed by atoms with E-state index in [0.717, 1.165) is 5.56 Å². The molecule has 150 valence electrons.